The number of carbonyl (C=O) groups excluding carboxylic acids is 1. The van der Waals surface area contributed by atoms with Crippen LogP contribution in [0.25, 0.3) is 0 Å². The molecule has 122 valence electrons. The summed E-state index contributed by atoms with van der Waals surface area (Å²) >= 11 is 0. The van der Waals surface area contributed by atoms with E-state index in [2.05, 4.69) is 5.10 Å². The number of amides is 1. The maximum atomic E-state index is 12.3. The van der Waals surface area contributed by atoms with Crippen LogP contribution in [0.4, 0.5) is 0 Å². The molecule has 0 saturated carbocycles. The van der Waals surface area contributed by atoms with Crippen LogP contribution in [0.2, 0.25) is 0 Å². The molecule has 1 aliphatic heterocycles. The van der Waals surface area contributed by atoms with Crippen molar-refractivity contribution in [3.63, 3.8) is 0 Å². The topological polar surface area (TPSA) is 67.6 Å². The van der Waals surface area contributed by atoms with E-state index in [1.54, 1.807) is 0 Å². The third-order valence-electron chi connectivity index (χ3n) is 3.91. The van der Waals surface area contributed by atoms with Crippen LogP contribution in [0, 0.1) is 0 Å². The minimum atomic E-state index is -0.0647. The van der Waals surface area contributed by atoms with Gasteiger partial charge in [0.2, 0.25) is 5.91 Å². The van der Waals surface area contributed by atoms with Gasteiger partial charge in [0, 0.05) is 13.0 Å². The Kier molecular flexibility index (Phi) is 4.92. The maximum Gasteiger partial charge on any atom is 0.223 e. The molecule has 1 aliphatic rings. The lowest BCUT2D eigenvalue weighted by Crippen LogP contribution is -2.38. The molecule has 0 unspecified atom stereocenters. The first-order valence-corrected chi connectivity index (χ1v) is 7.88. The molecule has 0 atom stereocenters. The number of para-hydroxylation sites is 1. The first kappa shape index (κ1) is 15.6. The van der Waals surface area contributed by atoms with Crippen molar-refractivity contribution in [3.05, 3.63) is 47.8 Å². The molecule has 0 fully saturated rings. The fraction of sp³-hybridized carbons (Fsp3) is 0.412. The highest BCUT2D eigenvalue weighted by atomic mass is 16.5. The van der Waals surface area contributed by atoms with Crippen LogP contribution in [0.15, 0.2) is 36.4 Å². The number of hydrogen-bond acceptors (Lipinski definition) is 4. The molecular weight excluding hydrogens is 294 g/mol. The number of carbonyl (C=O) groups is 1. The van der Waals surface area contributed by atoms with Crippen LogP contribution in [0.3, 0.4) is 0 Å². The third kappa shape index (κ3) is 3.90. The summed E-state index contributed by atoms with van der Waals surface area (Å²) in [4.78, 5) is 14.1. The Balaban J connectivity index is 1.44. The van der Waals surface area contributed by atoms with Crippen LogP contribution in [0.5, 0.6) is 5.75 Å². The van der Waals surface area contributed by atoms with Gasteiger partial charge in [0.15, 0.2) is 0 Å². The Bertz CT molecular complexity index is 654. The second-order valence-electron chi connectivity index (χ2n) is 5.59. The largest absolute Gasteiger partial charge is 0.494 e. The van der Waals surface area contributed by atoms with E-state index in [0.717, 1.165) is 11.4 Å². The Morgan fingerprint density at radius 2 is 2.09 bits per heavy atom. The molecule has 3 rings (SSSR count). The van der Waals surface area contributed by atoms with E-state index < -0.39 is 0 Å². The first-order valence-electron chi connectivity index (χ1n) is 7.88. The predicted octanol–water partition coefficient (Wildman–Crippen LogP) is 1.58. The Morgan fingerprint density at radius 3 is 2.87 bits per heavy atom. The van der Waals surface area contributed by atoms with Gasteiger partial charge in [-0.2, -0.15) is 5.10 Å². The number of aliphatic hydroxyl groups excluding tert-OH is 1. The normalized spacial score (nSPS) is 13.7. The molecule has 0 radical (unpaired) electrons. The second kappa shape index (κ2) is 7.28. The van der Waals surface area contributed by atoms with Crippen LogP contribution in [-0.4, -0.2) is 38.8 Å². The van der Waals surface area contributed by atoms with Crippen LogP contribution in [0.1, 0.15) is 24.2 Å². The van der Waals surface area contributed by atoms with Gasteiger partial charge in [-0.3, -0.25) is 9.48 Å². The van der Waals surface area contributed by atoms with Crippen molar-refractivity contribution in [1.29, 1.82) is 0 Å². The molecule has 2 aromatic rings. The highest BCUT2D eigenvalue weighted by molar-refractivity contribution is 5.76. The molecular formula is C17H21N3O3. The van der Waals surface area contributed by atoms with Gasteiger partial charge < -0.3 is 14.7 Å². The monoisotopic (exact) mass is 315 g/mol. The summed E-state index contributed by atoms with van der Waals surface area (Å²) in [5.41, 5.74) is 1.64. The van der Waals surface area contributed by atoms with Crippen molar-refractivity contribution in [2.75, 3.05) is 13.2 Å². The SMILES string of the molecule is O=C(CCCOc1ccccc1)N1CCn2nc(CO)cc2C1. The van der Waals surface area contributed by atoms with Gasteiger partial charge >= 0.3 is 0 Å². The van der Waals surface area contributed by atoms with Crippen molar-refractivity contribution >= 4 is 5.91 Å². The van der Waals surface area contributed by atoms with Gasteiger partial charge in [-0.15, -0.1) is 0 Å². The van der Waals surface area contributed by atoms with Crippen molar-refractivity contribution < 1.29 is 14.6 Å². The summed E-state index contributed by atoms with van der Waals surface area (Å²) in [5.74, 6) is 0.970. The van der Waals surface area contributed by atoms with E-state index in [9.17, 15) is 4.79 Å². The third-order valence-corrected chi connectivity index (χ3v) is 3.91. The average molecular weight is 315 g/mol. The molecule has 0 bridgehead atoms. The molecule has 2 heterocycles. The highest BCUT2D eigenvalue weighted by Crippen LogP contribution is 2.15. The van der Waals surface area contributed by atoms with Crippen LogP contribution >= 0.6 is 0 Å². The molecule has 6 nitrogen and oxygen atoms in total. The summed E-state index contributed by atoms with van der Waals surface area (Å²) in [7, 11) is 0. The lowest BCUT2D eigenvalue weighted by atomic mass is 10.2. The quantitative estimate of drug-likeness (QED) is 0.822. The number of nitrogens with zero attached hydrogens (tertiary/aromatic N) is 3. The zero-order valence-electron chi connectivity index (χ0n) is 13.0. The summed E-state index contributed by atoms with van der Waals surface area (Å²) < 4.78 is 7.47. The van der Waals surface area contributed by atoms with Crippen molar-refractivity contribution in [2.45, 2.75) is 32.5 Å². The van der Waals surface area contributed by atoms with Gasteiger partial charge in [-0.05, 0) is 24.6 Å². The second-order valence-corrected chi connectivity index (χ2v) is 5.59. The van der Waals surface area contributed by atoms with Gasteiger partial charge in [0.25, 0.3) is 0 Å². The van der Waals surface area contributed by atoms with Gasteiger partial charge in [0.1, 0.15) is 5.75 Å². The zero-order chi connectivity index (χ0) is 16.1. The molecule has 0 spiro atoms. The number of benzene rings is 1. The summed E-state index contributed by atoms with van der Waals surface area (Å²) in [5, 5.41) is 13.4. The van der Waals surface area contributed by atoms with E-state index in [1.165, 1.54) is 0 Å². The Morgan fingerprint density at radius 1 is 1.26 bits per heavy atom. The molecule has 1 aromatic carbocycles. The molecule has 1 N–H and O–H groups in total. The lowest BCUT2D eigenvalue weighted by molar-refractivity contribution is -0.132. The zero-order valence-corrected chi connectivity index (χ0v) is 13.0. The lowest BCUT2D eigenvalue weighted by Gasteiger charge is -2.27. The summed E-state index contributed by atoms with van der Waals surface area (Å²) in [6.07, 6.45) is 1.18. The fourth-order valence-electron chi connectivity index (χ4n) is 2.70. The molecule has 0 saturated heterocycles. The van der Waals surface area contributed by atoms with Crippen molar-refractivity contribution in [1.82, 2.24) is 14.7 Å². The number of hydrogen-bond donors (Lipinski definition) is 1. The number of rotatable bonds is 6. The van der Waals surface area contributed by atoms with E-state index >= 15 is 0 Å². The first-order chi connectivity index (χ1) is 11.3. The molecule has 1 aromatic heterocycles. The van der Waals surface area contributed by atoms with E-state index in [4.69, 9.17) is 9.84 Å². The molecule has 6 heteroatoms. The van der Waals surface area contributed by atoms with E-state index in [1.807, 2.05) is 46.0 Å². The Hall–Kier alpha value is -2.34. The maximum absolute atomic E-state index is 12.3. The molecule has 23 heavy (non-hydrogen) atoms. The highest BCUT2D eigenvalue weighted by Gasteiger charge is 2.21. The number of aromatic nitrogens is 2. The minimum absolute atomic E-state index is 0.0647. The van der Waals surface area contributed by atoms with E-state index in [-0.39, 0.29) is 12.5 Å². The molecule has 0 aliphatic carbocycles. The van der Waals surface area contributed by atoms with Gasteiger partial charge in [-0.1, -0.05) is 18.2 Å². The smallest absolute Gasteiger partial charge is 0.223 e. The van der Waals surface area contributed by atoms with Crippen molar-refractivity contribution in [3.8, 4) is 5.75 Å². The minimum Gasteiger partial charge on any atom is -0.494 e. The van der Waals surface area contributed by atoms with Crippen LogP contribution in [-0.2, 0) is 24.5 Å². The number of aliphatic hydroxyl groups is 1. The number of ether oxygens (including phenoxy) is 1. The predicted molar refractivity (Wildman–Crippen MR) is 84.7 cm³/mol. The summed E-state index contributed by atoms with van der Waals surface area (Å²) in [6, 6.07) is 11.5. The summed E-state index contributed by atoms with van der Waals surface area (Å²) in [6.45, 7) is 2.38. The average Bonchev–Trinajstić information content (AvgIpc) is 3.01. The van der Waals surface area contributed by atoms with Crippen LogP contribution < -0.4 is 4.74 Å². The van der Waals surface area contributed by atoms with Crippen molar-refractivity contribution in [2.24, 2.45) is 0 Å². The Labute approximate surface area is 135 Å². The molecule has 1 amide bonds. The fourth-order valence-corrected chi connectivity index (χ4v) is 2.70. The van der Waals surface area contributed by atoms with Gasteiger partial charge in [0.05, 0.1) is 37.7 Å². The van der Waals surface area contributed by atoms with E-state index in [0.29, 0.717) is 44.8 Å². The number of fused-ring (bicyclic) bond motifs is 1. The van der Waals surface area contributed by atoms with Gasteiger partial charge in [-0.25, -0.2) is 0 Å². The standard InChI is InChI=1S/C17H21N3O3/c21-13-14-11-15-12-19(8-9-20(15)18-14)17(22)7-4-10-23-16-5-2-1-3-6-16/h1-3,5-6,11,21H,4,7-10,12-13H2.